The number of benzene rings is 1. The Balaban J connectivity index is 1.39. The third kappa shape index (κ3) is 8.74. The van der Waals surface area contributed by atoms with Crippen LogP contribution >= 0.6 is 0 Å². The number of allylic oxidation sites excluding steroid dienone is 2. The summed E-state index contributed by atoms with van der Waals surface area (Å²) < 4.78 is 51.6. The van der Waals surface area contributed by atoms with Gasteiger partial charge < -0.3 is 25.0 Å². The van der Waals surface area contributed by atoms with Gasteiger partial charge in [-0.05, 0) is 64.0 Å². The zero-order valence-electron chi connectivity index (χ0n) is 28.1. The van der Waals surface area contributed by atoms with Crippen LogP contribution in [0.15, 0.2) is 30.4 Å². The normalized spacial score (nSPS) is 28.1. The fourth-order valence-electron chi connectivity index (χ4n) is 7.02. The number of fused-ring (bicyclic) bond motifs is 3. The Kier molecular flexibility index (Phi) is 10.9. The average Bonchev–Trinajstić information content (AvgIpc) is 3.33. The van der Waals surface area contributed by atoms with E-state index in [1.54, 1.807) is 32.9 Å². The predicted octanol–water partition coefficient (Wildman–Crippen LogP) is 5.01. The van der Waals surface area contributed by atoms with Crippen molar-refractivity contribution in [2.45, 2.75) is 115 Å². The molecule has 5 rings (SSSR count). The quantitative estimate of drug-likeness (QED) is 0.415. The van der Waals surface area contributed by atoms with Crippen LogP contribution in [0, 0.1) is 17.2 Å². The molecule has 0 aromatic heterocycles. The Morgan fingerprint density at radius 2 is 1.88 bits per heavy atom. The number of amides is 4. The molecule has 5 atom stereocenters. The van der Waals surface area contributed by atoms with Gasteiger partial charge in [-0.3, -0.25) is 19.3 Å². The van der Waals surface area contributed by atoms with E-state index < -0.39 is 77.8 Å². The minimum absolute atomic E-state index is 0.00556. The molecule has 3 aliphatic heterocycles. The molecule has 3 heterocycles. The maximum atomic E-state index is 14.4. The summed E-state index contributed by atoms with van der Waals surface area (Å²) in [6.07, 6.45) is 1.53. The SMILES string of the molecule is CC(C)(C)OC(=O)N[C@H]1CCCCC/C=C\[C@@H]2C[C@@]2(C(=O)NCC(F)F)CC(=O)[C@@H]2C[C@@H](OC(=O)N3Cc4cccc(F)c4C3)CN2C1=O. The number of halogens is 3. The number of nitrogens with one attached hydrogen (secondary N) is 2. The van der Waals surface area contributed by atoms with E-state index in [0.29, 0.717) is 24.0 Å². The van der Waals surface area contributed by atoms with E-state index in [-0.39, 0.29) is 51.2 Å². The molecular weight excluding hydrogens is 645 g/mol. The molecule has 0 bridgehead atoms. The van der Waals surface area contributed by atoms with Gasteiger partial charge in [-0.2, -0.15) is 0 Å². The first-order chi connectivity index (χ1) is 23.2. The summed E-state index contributed by atoms with van der Waals surface area (Å²) in [6, 6.07) is 2.44. The van der Waals surface area contributed by atoms with Gasteiger partial charge in [0.1, 0.15) is 23.6 Å². The van der Waals surface area contributed by atoms with Gasteiger partial charge in [-0.25, -0.2) is 22.8 Å². The number of ether oxygens (including phenoxy) is 2. The molecule has 2 fully saturated rings. The second kappa shape index (κ2) is 14.8. The Bertz CT molecular complexity index is 1480. The monoisotopic (exact) mass is 690 g/mol. The van der Waals surface area contributed by atoms with Crippen molar-refractivity contribution in [3.05, 3.63) is 47.3 Å². The van der Waals surface area contributed by atoms with Crippen LogP contribution in [0.3, 0.4) is 0 Å². The fraction of sp³-hybridized carbons (Fsp3) is 0.629. The summed E-state index contributed by atoms with van der Waals surface area (Å²) in [4.78, 5) is 70.3. The summed E-state index contributed by atoms with van der Waals surface area (Å²) in [5, 5.41) is 4.94. The van der Waals surface area contributed by atoms with Crippen LogP contribution in [0.2, 0.25) is 0 Å². The lowest BCUT2D eigenvalue weighted by atomic mass is 9.91. The number of ketones is 1. The van der Waals surface area contributed by atoms with Crippen molar-refractivity contribution in [3.8, 4) is 0 Å². The Morgan fingerprint density at radius 1 is 1.10 bits per heavy atom. The second-order valence-electron chi connectivity index (χ2n) is 14.5. The van der Waals surface area contributed by atoms with Gasteiger partial charge in [0.2, 0.25) is 11.8 Å². The predicted molar refractivity (Wildman–Crippen MR) is 171 cm³/mol. The molecule has 14 heteroatoms. The van der Waals surface area contributed by atoms with Crippen LogP contribution in [0.4, 0.5) is 22.8 Å². The Hall–Kier alpha value is -4.10. The van der Waals surface area contributed by atoms with E-state index in [4.69, 9.17) is 9.47 Å². The number of hydrogen-bond acceptors (Lipinski definition) is 7. The lowest BCUT2D eigenvalue weighted by Crippen LogP contribution is -2.53. The summed E-state index contributed by atoms with van der Waals surface area (Å²) in [5.74, 6) is -2.45. The minimum Gasteiger partial charge on any atom is -0.444 e. The molecule has 0 radical (unpaired) electrons. The molecule has 1 saturated carbocycles. The molecule has 1 aromatic carbocycles. The summed E-state index contributed by atoms with van der Waals surface area (Å²) in [7, 11) is 0. The third-order valence-electron chi connectivity index (χ3n) is 9.58. The molecule has 4 aliphatic rings. The number of carbonyl (C=O) groups is 5. The minimum atomic E-state index is -2.77. The van der Waals surface area contributed by atoms with Gasteiger partial charge in [0.05, 0.1) is 31.1 Å². The Labute approximate surface area is 283 Å². The average molecular weight is 691 g/mol. The van der Waals surface area contributed by atoms with Crippen molar-refractivity contribution in [2.24, 2.45) is 11.3 Å². The second-order valence-corrected chi connectivity index (χ2v) is 14.5. The van der Waals surface area contributed by atoms with Gasteiger partial charge in [0.25, 0.3) is 6.43 Å². The van der Waals surface area contributed by atoms with Gasteiger partial charge in [-0.15, -0.1) is 0 Å². The number of rotatable bonds is 5. The lowest BCUT2D eigenvalue weighted by molar-refractivity contribution is -0.141. The molecule has 1 aromatic rings. The molecule has 11 nitrogen and oxygen atoms in total. The zero-order valence-corrected chi connectivity index (χ0v) is 28.1. The zero-order chi connectivity index (χ0) is 35.5. The molecular formula is C35H45F3N4O7. The van der Waals surface area contributed by atoms with E-state index in [1.807, 2.05) is 12.2 Å². The van der Waals surface area contributed by atoms with Gasteiger partial charge in [0.15, 0.2) is 5.78 Å². The molecule has 1 saturated heterocycles. The highest BCUT2D eigenvalue weighted by Crippen LogP contribution is 2.57. The number of alkyl carbamates (subject to hydrolysis) is 1. The first-order valence-electron chi connectivity index (χ1n) is 16.9. The van der Waals surface area contributed by atoms with Crippen molar-refractivity contribution < 1.29 is 46.6 Å². The molecule has 2 N–H and O–H groups in total. The number of Topliss-reactive ketones (excluding diaryl/α,β-unsaturated/α-hetero) is 1. The molecule has 1 aliphatic carbocycles. The smallest absolute Gasteiger partial charge is 0.410 e. The standard InChI is InChI=1S/C35H45F3N4O7/c1-34(2,3)49-32(46)40-26-13-8-6-4-5-7-11-22-15-35(22,31(45)39-17-29(37)38)16-28(43)27-14-23(19-42(27)30(26)44)48-33(47)41-18-21-10-9-12-25(36)24(21)20-41/h7,9-12,22-23,26-27,29H,4-6,8,13-20H2,1-3H3,(H,39,45)(H,40,46)/b11-7-/t22-,23-,26+,27+,35-/m1/s1. The van der Waals surface area contributed by atoms with Crippen LogP contribution in [0.25, 0.3) is 0 Å². The maximum absolute atomic E-state index is 14.4. The first kappa shape index (κ1) is 36.2. The van der Waals surface area contributed by atoms with Crippen LogP contribution < -0.4 is 10.6 Å². The van der Waals surface area contributed by atoms with Crippen molar-refractivity contribution in [2.75, 3.05) is 13.1 Å². The number of alkyl halides is 2. The fourth-order valence-corrected chi connectivity index (χ4v) is 7.02. The van der Waals surface area contributed by atoms with Crippen LogP contribution in [-0.4, -0.2) is 82.9 Å². The van der Waals surface area contributed by atoms with Crippen molar-refractivity contribution in [3.63, 3.8) is 0 Å². The third-order valence-corrected chi connectivity index (χ3v) is 9.58. The maximum Gasteiger partial charge on any atom is 0.410 e. The van der Waals surface area contributed by atoms with Gasteiger partial charge in [0, 0.05) is 24.9 Å². The van der Waals surface area contributed by atoms with E-state index in [2.05, 4.69) is 10.6 Å². The van der Waals surface area contributed by atoms with E-state index in [0.717, 1.165) is 12.8 Å². The van der Waals surface area contributed by atoms with Gasteiger partial charge >= 0.3 is 12.2 Å². The summed E-state index contributed by atoms with van der Waals surface area (Å²) >= 11 is 0. The highest BCUT2D eigenvalue weighted by Gasteiger charge is 2.60. The topological polar surface area (TPSA) is 134 Å². The van der Waals surface area contributed by atoms with Crippen LogP contribution in [-0.2, 0) is 36.9 Å². The van der Waals surface area contributed by atoms with Crippen molar-refractivity contribution in [1.29, 1.82) is 0 Å². The Morgan fingerprint density at radius 3 is 2.59 bits per heavy atom. The van der Waals surface area contributed by atoms with E-state index >= 15 is 0 Å². The molecule has 4 amide bonds. The molecule has 0 spiro atoms. The number of carbonyl (C=O) groups excluding carboxylic acids is 5. The van der Waals surface area contributed by atoms with Crippen LogP contribution in [0.1, 0.15) is 83.3 Å². The van der Waals surface area contributed by atoms with Crippen molar-refractivity contribution >= 4 is 29.8 Å². The molecule has 49 heavy (non-hydrogen) atoms. The highest BCUT2D eigenvalue weighted by atomic mass is 19.3. The van der Waals surface area contributed by atoms with E-state index in [9.17, 15) is 37.1 Å². The molecule has 0 unspecified atom stereocenters. The van der Waals surface area contributed by atoms with Crippen LogP contribution in [0.5, 0.6) is 0 Å². The largest absolute Gasteiger partial charge is 0.444 e. The first-order valence-corrected chi connectivity index (χ1v) is 16.9. The summed E-state index contributed by atoms with van der Waals surface area (Å²) in [6.45, 7) is 4.22. The lowest BCUT2D eigenvalue weighted by Gasteiger charge is -2.30. The molecule has 268 valence electrons. The number of nitrogens with zero attached hydrogens (tertiary/aromatic N) is 2. The summed E-state index contributed by atoms with van der Waals surface area (Å²) in [5.41, 5.74) is -1.03. The number of hydrogen-bond donors (Lipinski definition) is 2. The van der Waals surface area contributed by atoms with E-state index in [1.165, 1.54) is 15.9 Å². The van der Waals surface area contributed by atoms with Crippen molar-refractivity contribution in [1.82, 2.24) is 20.4 Å². The highest BCUT2D eigenvalue weighted by molar-refractivity contribution is 5.97. The van der Waals surface area contributed by atoms with Gasteiger partial charge in [-0.1, -0.05) is 37.1 Å².